The fourth-order valence-electron chi connectivity index (χ4n) is 1.75. The molecule has 0 aliphatic carbocycles. The minimum Gasteiger partial charge on any atom is -0.309 e. The smallest absolute Gasteiger partial charge is 0.251 e. The van der Waals surface area contributed by atoms with Gasteiger partial charge in [-0.2, -0.15) is 0 Å². The summed E-state index contributed by atoms with van der Waals surface area (Å²) >= 11 is 0. The molecule has 5 nitrogen and oxygen atoms in total. The van der Waals surface area contributed by atoms with Gasteiger partial charge in [-0.25, -0.2) is 4.98 Å². The molecule has 0 saturated heterocycles. The molecule has 2 heterocycles. The van der Waals surface area contributed by atoms with Gasteiger partial charge in [0, 0.05) is 24.8 Å². The van der Waals surface area contributed by atoms with Crippen LogP contribution in [0.5, 0.6) is 0 Å². The molecule has 0 unspecified atom stereocenters. The van der Waals surface area contributed by atoms with Gasteiger partial charge in [0.2, 0.25) is 0 Å². The van der Waals surface area contributed by atoms with E-state index >= 15 is 0 Å². The van der Waals surface area contributed by atoms with E-state index in [2.05, 4.69) is 34.1 Å². The fourth-order valence-corrected chi connectivity index (χ4v) is 1.75. The summed E-state index contributed by atoms with van der Waals surface area (Å²) < 4.78 is 0. The number of pyridine rings is 1. The zero-order chi connectivity index (χ0) is 13.8. The number of rotatable bonds is 4. The molecule has 0 fully saturated rings. The monoisotopic (exact) mass is 258 g/mol. The van der Waals surface area contributed by atoms with Crippen LogP contribution in [0.15, 0.2) is 29.2 Å². The van der Waals surface area contributed by atoms with E-state index in [0.717, 1.165) is 11.3 Å². The molecule has 2 aromatic heterocycles. The molecule has 2 rings (SSSR count). The van der Waals surface area contributed by atoms with Crippen LogP contribution in [0.1, 0.15) is 25.1 Å². The summed E-state index contributed by atoms with van der Waals surface area (Å²) in [6.07, 6.45) is 1.70. The average molecular weight is 258 g/mol. The van der Waals surface area contributed by atoms with E-state index in [4.69, 9.17) is 0 Å². The van der Waals surface area contributed by atoms with Crippen molar-refractivity contribution in [3.63, 3.8) is 0 Å². The van der Waals surface area contributed by atoms with Crippen molar-refractivity contribution in [2.75, 3.05) is 0 Å². The van der Waals surface area contributed by atoms with Gasteiger partial charge in [-0.05, 0) is 18.6 Å². The van der Waals surface area contributed by atoms with E-state index in [9.17, 15) is 4.79 Å². The first-order chi connectivity index (χ1) is 9.06. The first kappa shape index (κ1) is 13.4. The van der Waals surface area contributed by atoms with Crippen molar-refractivity contribution in [2.24, 2.45) is 0 Å². The summed E-state index contributed by atoms with van der Waals surface area (Å²) in [5.74, 6) is 0.520. The van der Waals surface area contributed by atoms with Gasteiger partial charge in [-0.1, -0.05) is 19.9 Å². The van der Waals surface area contributed by atoms with Crippen molar-refractivity contribution in [2.45, 2.75) is 33.4 Å². The summed E-state index contributed by atoms with van der Waals surface area (Å²) in [5.41, 5.74) is 2.26. The Balaban J connectivity index is 2.37. The number of nitrogens with zero attached hydrogens (tertiary/aromatic N) is 2. The van der Waals surface area contributed by atoms with Crippen LogP contribution in [0.2, 0.25) is 0 Å². The summed E-state index contributed by atoms with van der Waals surface area (Å²) in [5, 5.41) is 3.25. The molecule has 0 aliphatic rings. The molecule has 0 amide bonds. The Morgan fingerprint density at radius 3 is 2.89 bits per heavy atom. The molecule has 19 heavy (non-hydrogen) atoms. The van der Waals surface area contributed by atoms with Crippen molar-refractivity contribution in [3.05, 3.63) is 46.0 Å². The zero-order valence-electron chi connectivity index (χ0n) is 11.4. The van der Waals surface area contributed by atoms with Gasteiger partial charge in [0.05, 0.1) is 5.69 Å². The van der Waals surface area contributed by atoms with Crippen molar-refractivity contribution in [3.8, 4) is 11.5 Å². The van der Waals surface area contributed by atoms with E-state index in [1.165, 1.54) is 6.07 Å². The number of aromatic nitrogens is 3. The normalized spacial score (nSPS) is 10.9. The Labute approximate surface area is 112 Å². The van der Waals surface area contributed by atoms with Crippen LogP contribution in [0.25, 0.3) is 11.5 Å². The topological polar surface area (TPSA) is 70.7 Å². The number of hydrogen-bond donors (Lipinski definition) is 2. The molecule has 0 atom stereocenters. The second-order valence-corrected chi connectivity index (χ2v) is 4.79. The van der Waals surface area contributed by atoms with Crippen LogP contribution in [0.3, 0.4) is 0 Å². The van der Waals surface area contributed by atoms with Crippen molar-refractivity contribution in [1.29, 1.82) is 0 Å². The second kappa shape index (κ2) is 5.75. The summed E-state index contributed by atoms with van der Waals surface area (Å²) in [6.45, 7) is 6.62. The summed E-state index contributed by atoms with van der Waals surface area (Å²) in [7, 11) is 0. The number of nitrogens with one attached hydrogen (secondary N) is 2. The quantitative estimate of drug-likeness (QED) is 0.874. The second-order valence-electron chi connectivity index (χ2n) is 4.79. The van der Waals surface area contributed by atoms with E-state index < -0.39 is 0 Å². The maximum atomic E-state index is 11.7. The molecule has 0 bridgehead atoms. The molecule has 0 radical (unpaired) electrons. The third kappa shape index (κ3) is 3.48. The van der Waals surface area contributed by atoms with Crippen molar-refractivity contribution >= 4 is 0 Å². The van der Waals surface area contributed by atoms with Crippen molar-refractivity contribution < 1.29 is 0 Å². The minimum atomic E-state index is -0.157. The largest absolute Gasteiger partial charge is 0.309 e. The van der Waals surface area contributed by atoms with E-state index in [0.29, 0.717) is 24.1 Å². The Bertz CT molecular complexity index is 619. The number of hydrogen-bond acceptors (Lipinski definition) is 4. The zero-order valence-corrected chi connectivity index (χ0v) is 11.4. The third-order valence-corrected chi connectivity index (χ3v) is 2.72. The van der Waals surface area contributed by atoms with Gasteiger partial charge in [0.1, 0.15) is 5.69 Å². The maximum Gasteiger partial charge on any atom is 0.251 e. The molecule has 100 valence electrons. The highest BCUT2D eigenvalue weighted by Crippen LogP contribution is 2.14. The van der Waals surface area contributed by atoms with Crippen LogP contribution in [0.4, 0.5) is 0 Å². The fraction of sp³-hybridized carbons (Fsp3) is 0.357. The van der Waals surface area contributed by atoms with E-state index in [-0.39, 0.29) is 5.56 Å². The first-order valence-corrected chi connectivity index (χ1v) is 6.32. The standard InChI is InChI=1S/C14H18N4O/c1-9(2)16-8-11-7-12(19)18-14(17-11)13-10(3)5-4-6-15-13/h4-7,9,16H,8H2,1-3H3,(H,17,18,19). The Kier molecular flexibility index (Phi) is 4.06. The lowest BCUT2D eigenvalue weighted by molar-refractivity contribution is 0.580. The molecule has 0 spiro atoms. The third-order valence-electron chi connectivity index (χ3n) is 2.72. The summed E-state index contributed by atoms with van der Waals surface area (Å²) in [4.78, 5) is 23.2. The van der Waals surface area contributed by atoms with Gasteiger partial charge in [-0.3, -0.25) is 9.78 Å². The molecule has 0 saturated carbocycles. The number of H-pyrrole nitrogens is 1. The van der Waals surface area contributed by atoms with Gasteiger partial charge in [0.25, 0.3) is 5.56 Å². The maximum absolute atomic E-state index is 11.7. The van der Waals surface area contributed by atoms with E-state index in [1.54, 1.807) is 6.20 Å². The van der Waals surface area contributed by atoms with Crippen molar-refractivity contribution in [1.82, 2.24) is 20.3 Å². The highest BCUT2D eigenvalue weighted by molar-refractivity contribution is 5.53. The highest BCUT2D eigenvalue weighted by atomic mass is 16.1. The lowest BCUT2D eigenvalue weighted by Gasteiger charge is -2.09. The molecular weight excluding hydrogens is 240 g/mol. The van der Waals surface area contributed by atoms with Crippen LogP contribution in [-0.4, -0.2) is 21.0 Å². The molecule has 0 aliphatic heterocycles. The molecule has 5 heteroatoms. The Hall–Kier alpha value is -2.01. The Morgan fingerprint density at radius 2 is 2.21 bits per heavy atom. The minimum absolute atomic E-state index is 0.157. The van der Waals surface area contributed by atoms with Crippen LogP contribution in [0, 0.1) is 6.92 Å². The molecule has 2 N–H and O–H groups in total. The van der Waals surface area contributed by atoms with Crippen LogP contribution < -0.4 is 10.9 Å². The van der Waals surface area contributed by atoms with E-state index in [1.807, 2.05) is 19.1 Å². The number of aryl methyl sites for hydroxylation is 1. The highest BCUT2D eigenvalue weighted by Gasteiger charge is 2.08. The Morgan fingerprint density at radius 1 is 1.42 bits per heavy atom. The predicted molar refractivity (Wildman–Crippen MR) is 74.8 cm³/mol. The lowest BCUT2D eigenvalue weighted by atomic mass is 10.2. The average Bonchev–Trinajstić information content (AvgIpc) is 2.36. The van der Waals surface area contributed by atoms with Crippen LogP contribution >= 0.6 is 0 Å². The van der Waals surface area contributed by atoms with Crippen LogP contribution in [-0.2, 0) is 6.54 Å². The van der Waals surface area contributed by atoms with Gasteiger partial charge < -0.3 is 10.3 Å². The van der Waals surface area contributed by atoms with Gasteiger partial charge in [0.15, 0.2) is 5.82 Å². The van der Waals surface area contributed by atoms with Gasteiger partial charge in [-0.15, -0.1) is 0 Å². The number of aromatic amines is 1. The molecule has 2 aromatic rings. The summed E-state index contributed by atoms with van der Waals surface area (Å²) in [6, 6.07) is 5.67. The predicted octanol–water partition coefficient (Wildman–Crippen LogP) is 1.64. The lowest BCUT2D eigenvalue weighted by Crippen LogP contribution is -2.24. The van der Waals surface area contributed by atoms with Gasteiger partial charge >= 0.3 is 0 Å². The SMILES string of the molecule is Cc1cccnc1-c1nc(CNC(C)C)cc(=O)[nH]1. The first-order valence-electron chi connectivity index (χ1n) is 6.32. The molecular formula is C14H18N4O. The molecule has 0 aromatic carbocycles.